The molecule has 1 aliphatic rings. The molecular weight excluding hydrogens is 380 g/mol. The van der Waals surface area contributed by atoms with Gasteiger partial charge in [-0.05, 0) is 49.9 Å². The molecule has 0 aromatic heterocycles. The normalized spacial score (nSPS) is 14.3. The van der Waals surface area contributed by atoms with E-state index in [4.69, 9.17) is 4.74 Å². The Kier molecular flexibility index (Phi) is 7.30. The summed E-state index contributed by atoms with van der Waals surface area (Å²) in [5.74, 6) is 0.120. The van der Waals surface area contributed by atoms with Gasteiger partial charge in [0.2, 0.25) is 5.91 Å². The highest BCUT2D eigenvalue weighted by atomic mass is 16.5. The summed E-state index contributed by atoms with van der Waals surface area (Å²) in [6.07, 6.45) is 0.195. The average molecular weight is 411 g/mol. The lowest BCUT2D eigenvalue weighted by molar-refractivity contribution is -0.116. The lowest BCUT2D eigenvalue weighted by atomic mass is 10.1. The number of ether oxygens (including phenoxy) is 1. The number of likely N-dealkylation sites (N-methyl/N-ethyl adjacent to an activating group) is 1. The minimum Gasteiger partial charge on any atom is -0.496 e. The van der Waals surface area contributed by atoms with Crippen molar-refractivity contribution >= 4 is 23.2 Å². The quantitative estimate of drug-likeness (QED) is 0.734. The number of methoxy groups -OCH3 is 1. The lowest BCUT2D eigenvalue weighted by Crippen LogP contribution is -2.44. The Labute approximate surface area is 178 Å². The highest BCUT2D eigenvalue weighted by Crippen LogP contribution is 2.24. The van der Waals surface area contributed by atoms with Gasteiger partial charge in [0.25, 0.3) is 5.91 Å². The standard InChI is InChI=1S/C23H30N4O3/c1-17-16-18(27-14-12-26(2)13-15-27)8-9-20(17)25-22(28)10-11-24-23(29)19-6-4-5-7-21(19)30-3/h4-9,16H,10-15H2,1-3H3,(H,24,29)(H,25,28). The Morgan fingerprint density at radius 2 is 1.80 bits per heavy atom. The summed E-state index contributed by atoms with van der Waals surface area (Å²) in [7, 11) is 3.66. The number of rotatable bonds is 7. The van der Waals surface area contributed by atoms with Gasteiger partial charge in [-0.25, -0.2) is 0 Å². The van der Waals surface area contributed by atoms with Crippen molar-refractivity contribution in [1.29, 1.82) is 0 Å². The number of piperazine rings is 1. The van der Waals surface area contributed by atoms with Crippen LogP contribution in [0.4, 0.5) is 11.4 Å². The van der Waals surface area contributed by atoms with E-state index in [1.165, 1.54) is 12.8 Å². The van der Waals surface area contributed by atoms with Crippen molar-refractivity contribution in [3.05, 3.63) is 53.6 Å². The first kappa shape index (κ1) is 21.6. The van der Waals surface area contributed by atoms with Crippen molar-refractivity contribution in [2.75, 3.05) is 57.1 Å². The number of benzene rings is 2. The third kappa shape index (κ3) is 5.51. The number of nitrogens with one attached hydrogen (secondary N) is 2. The van der Waals surface area contributed by atoms with Gasteiger partial charge in [-0.3, -0.25) is 9.59 Å². The Bertz CT molecular complexity index is 892. The molecule has 0 atom stereocenters. The van der Waals surface area contributed by atoms with E-state index < -0.39 is 0 Å². The minimum absolute atomic E-state index is 0.134. The molecular formula is C23H30N4O3. The molecule has 1 aliphatic heterocycles. The Morgan fingerprint density at radius 3 is 2.50 bits per heavy atom. The molecule has 1 heterocycles. The van der Waals surface area contributed by atoms with E-state index in [9.17, 15) is 9.59 Å². The molecule has 160 valence electrons. The molecule has 2 aromatic carbocycles. The van der Waals surface area contributed by atoms with Crippen LogP contribution in [0.5, 0.6) is 5.75 Å². The number of hydrogen-bond donors (Lipinski definition) is 2. The van der Waals surface area contributed by atoms with Crippen LogP contribution in [0.15, 0.2) is 42.5 Å². The molecule has 3 rings (SSSR count). The van der Waals surface area contributed by atoms with Gasteiger partial charge < -0.3 is 25.2 Å². The first-order valence-electron chi connectivity index (χ1n) is 10.2. The maximum Gasteiger partial charge on any atom is 0.255 e. The third-order valence-electron chi connectivity index (χ3n) is 5.34. The molecule has 0 spiro atoms. The SMILES string of the molecule is COc1ccccc1C(=O)NCCC(=O)Nc1ccc(N2CCN(C)CC2)cc1C. The number of para-hydroxylation sites is 1. The zero-order chi connectivity index (χ0) is 21.5. The third-order valence-corrected chi connectivity index (χ3v) is 5.34. The summed E-state index contributed by atoms with van der Waals surface area (Å²) in [5, 5.41) is 5.71. The molecule has 7 heteroatoms. The molecule has 1 saturated heterocycles. The molecule has 0 bridgehead atoms. The van der Waals surface area contributed by atoms with Gasteiger partial charge in [-0.15, -0.1) is 0 Å². The van der Waals surface area contributed by atoms with Crippen LogP contribution in [0.25, 0.3) is 0 Å². The second-order valence-corrected chi connectivity index (χ2v) is 7.54. The number of amides is 2. The summed E-state index contributed by atoms with van der Waals surface area (Å²) < 4.78 is 5.20. The monoisotopic (exact) mass is 410 g/mol. The van der Waals surface area contributed by atoms with E-state index in [1.807, 2.05) is 13.0 Å². The zero-order valence-electron chi connectivity index (χ0n) is 17.9. The van der Waals surface area contributed by atoms with Crippen LogP contribution < -0.4 is 20.3 Å². The van der Waals surface area contributed by atoms with E-state index in [-0.39, 0.29) is 24.8 Å². The fraction of sp³-hybridized carbons (Fsp3) is 0.391. The molecule has 2 amide bonds. The van der Waals surface area contributed by atoms with Crippen molar-refractivity contribution in [2.24, 2.45) is 0 Å². The number of hydrogen-bond acceptors (Lipinski definition) is 5. The summed E-state index contributed by atoms with van der Waals surface area (Å²) in [5.41, 5.74) is 3.46. The van der Waals surface area contributed by atoms with Crippen molar-refractivity contribution in [2.45, 2.75) is 13.3 Å². The number of nitrogens with zero attached hydrogens (tertiary/aromatic N) is 2. The van der Waals surface area contributed by atoms with Gasteiger partial charge in [0.15, 0.2) is 0 Å². The van der Waals surface area contributed by atoms with E-state index in [1.54, 1.807) is 24.3 Å². The van der Waals surface area contributed by atoms with Gasteiger partial charge >= 0.3 is 0 Å². The second kappa shape index (κ2) is 10.1. The maximum atomic E-state index is 12.3. The first-order chi connectivity index (χ1) is 14.5. The van der Waals surface area contributed by atoms with Crippen molar-refractivity contribution in [3.8, 4) is 5.75 Å². The van der Waals surface area contributed by atoms with Gasteiger partial charge in [0.1, 0.15) is 5.75 Å². The summed E-state index contributed by atoms with van der Waals surface area (Å²) in [6.45, 7) is 6.37. The molecule has 7 nitrogen and oxygen atoms in total. The highest BCUT2D eigenvalue weighted by Gasteiger charge is 2.16. The fourth-order valence-electron chi connectivity index (χ4n) is 3.48. The predicted octanol–water partition coefficient (Wildman–Crippen LogP) is 2.51. The number of carbonyl (C=O) groups is 2. The number of aryl methyl sites for hydroxylation is 1. The van der Waals surface area contributed by atoms with Gasteiger partial charge in [-0.2, -0.15) is 0 Å². The second-order valence-electron chi connectivity index (χ2n) is 7.54. The average Bonchev–Trinajstić information content (AvgIpc) is 2.75. The van der Waals surface area contributed by atoms with E-state index in [2.05, 4.69) is 39.6 Å². The van der Waals surface area contributed by atoms with Crippen LogP contribution in [0.1, 0.15) is 22.3 Å². The van der Waals surface area contributed by atoms with Crippen LogP contribution in [0.3, 0.4) is 0 Å². The van der Waals surface area contributed by atoms with Crippen LogP contribution in [-0.2, 0) is 4.79 Å². The summed E-state index contributed by atoms with van der Waals surface area (Å²) in [4.78, 5) is 29.3. The van der Waals surface area contributed by atoms with Crippen LogP contribution in [0, 0.1) is 6.92 Å². The molecule has 0 unspecified atom stereocenters. The van der Waals surface area contributed by atoms with Crippen molar-refractivity contribution in [3.63, 3.8) is 0 Å². The van der Waals surface area contributed by atoms with Crippen LogP contribution in [-0.4, -0.2) is 63.6 Å². The molecule has 2 aromatic rings. The zero-order valence-corrected chi connectivity index (χ0v) is 17.9. The Morgan fingerprint density at radius 1 is 1.07 bits per heavy atom. The molecule has 0 aliphatic carbocycles. The first-order valence-corrected chi connectivity index (χ1v) is 10.2. The van der Waals surface area contributed by atoms with E-state index in [0.717, 1.165) is 37.4 Å². The lowest BCUT2D eigenvalue weighted by Gasteiger charge is -2.34. The molecule has 0 radical (unpaired) electrons. The van der Waals surface area contributed by atoms with E-state index in [0.29, 0.717) is 11.3 Å². The maximum absolute atomic E-state index is 12.3. The number of anilines is 2. The van der Waals surface area contributed by atoms with E-state index >= 15 is 0 Å². The smallest absolute Gasteiger partial charge is 0.255 e. The minimum atomic E-state index is -0.257. The summed E-state index contributed by atoms with van der Waals surface area (Å²) >= 11 is 0. The van der Waals surface area contributed by atoms with Gasteiger partial charge in [-0.1, -0.05) is 12.1 Å². The van der Waals surface area contributed by atoms with Crippen molar-refractivity contribution in [1.82, 2.24) is 10.2 Å². The van der Waals surface area contributed by atoms with Crippen molar-refractivity contribution < 1.29 is 14.3 Å². The van der Waals surface area contributed by atoms with Crippen LogP contribution >= 0.6 is 0 Å². The predicted molar refractivity (Wildman–Crippen MR) is 119 cm³/mol. The molecule has 30 heavy (non-hydrogen) atoms. The largest absolute Gasteiger partial charge is 0.496 e. The van der Waals surface area contributed by atoms with Gasteiger partial charge in [0.05, 0.1) is 12.7 Å². The molecule has 0 saturated carbocycles. The fourth-order valence-corrected chi connectivity index (χ4v) is 3.48. The molecule has 2 N–H and O–H groups in total. The Balaban J connectivity index is 1.49. The van der Waals surface area contributed by atoms with Crippen LogP contribution in [0.2, 0.25) is 0 Å². The molecule has 1 fully saturated rings. The van der Waals surface area contributed by atoms with Gasteiger partial charge in [0, 0.05) is 50.5 Å². The number of carbonyl (C=O) groups excluding carboxylic acids is 2. The summed E-state index contributed by atoms with van der Waals surface area (Å²) in [6, 6.07) is 13.1. The topological polar surface area (TPSA) is 73.9 Å². The Hall–Kier alpha value is -3.06. The highest BCUT2D eigenvalue weighted by molar-refractivity contribution is 5.97.